The Bertz CT molecular complexity index is 1250. The van der Waals surface area contributed by atoms with Gasteiger partial charge in [-0.25, -0.2) is 9.18 Å². The summed E-state index contributed by atoms with van der Waals surface area (Å²) in [6, 6.07) is 13.2. The van der Waals surface area contributed by atoms with E-state index in [9.17, 15) is 14.3 Å². The van der Waals surface area contributed by atoms with Crippen LogP contribution in [0.15, 0.2) is 48.5 Å². The molecule has 0 atom stereocenters. The minimum absolute atomic E-state index is 0.219. The van der Waals surface area contributed by atoms with Crippen LogP contribution in [0.3, 0.4) is 0 Å². The van der Waals surface area contributed by atoms with Crippen LogP contribution in [-0.2, 0) is 13.0 Å². The molecule has 2 aromatic heterocycles. The fraction of sp³-hybridized carbons (Fsp3) is 0.182. The van der Waals surface area contributed by atoms with Crippen LogP contribution in [0.1, 0.15) is 34.2 Å². The van der Waals surface area contributed by atoms with Gasteiger partial charge in [0.2, 0.25) is 0 Å². The van der Waals surface area contributed by atoms with Crippen LogP contribution in [-0.4, -0.2) is 30.8 Å². The fourth-order valence-corrected chi connectivity index (χ4v) is 3.46. The summed E-state index contributed by atoms with van der Waals surface area (Å²) < 4.78 is 15.2. The molecule has 8 heteroatoms. The van der Waals surface area contributed by atoms with Gasteiger partial charge in [-0.15, -0.1) is 10.2 Å². The van der Waals surface area contributed by atoms with Gasteiger partial charge in [0.25, 0.3) is 5.95 Å². The van der Waals surface area contributed by atoms with E-state index in [0.717, 1.165) is 11.3 Å². The molecule has 0 fully saturated rings. The lowest BCUT2D eigenvalue weighted by Gasteiger charge is -2.12. The largest absolute Gasteiger partial charge is 0.478 e. The summed E-state index contributed by atoms with van der Waals surface area (Å²) in [5.74, 6) is -0.392. The molecule has 0 aliphatic carbocycles. The second kappa shape index (κ2) is 7.90. The SMILES string of the molecule is CCc1nnc(-n2c(C)cc3c(C(=O)O)cccc32)nc1NCc1cccc(F)c1. The van der Waals surface area contributed by atoms with E-state index in [1.54, 1.807) is 28.8 Å². The Balaban J connectivity index is 1.75. The van der Waals surface area contributed by atoms with E-state index in [4.69, 9.17) is 0 Å². The number of fused-ring (bicyclic) bond motifs is 1. The van der Waals surface area contributed by atoms with Crippen LogP contribution >= 0.6 is 0 Å². The third-order valence-corrected chi connectivity index (χ3v) is 4.89. The quantitative estimate of drug-likeness (QED) is 0.501. The minimum atomic E-state index is -0.990. The van der Waals surface area contributed by atoms with E-state index < -0.39 is 5.97 Å². The lowest BCUT2D eigenvalue weighted by Crippen LogP contribution is -2.12. The third-order valence-electron chi connectivity index (χ3n) is 4.89. The second-order valence-electron chi connectivity index (χ2n) is 6.91. The molecule has 0 saturated heterocycles. The summed E-state index contributed by atoms with van der Waals surface area (Å²) in [7, 11) is 0. The van der Waals surface area contributed by atoms with Crippen molar-refractivity contribution in [3.8, 4) is 5.95 Å². The maximum Gasteiger partial charge on any atom is 0.336 e. The number of hydrogen-bond acceptors (Lipinski definition) is 5. The molecule has 4 rings (SSSR count). The fourth-order valence-electron chi connectivity index (χ4n) is 3.46. The Morgan fingerprint density at radius 1 is 1.17 bits per heavy atom. The molecular weight excluding hydrogens is 385 g/mol. The number of aromatic carboxylic acids is 1. The Morgan fingerprint density at radius 3 is 2.70 bits per heavy atom. The number of halogens is 1. The lowest BCUT2D eigenvalue weighted by atomic mass is 10.1. The number of hydrogen-bond donors (Lipinski definition) is 2. The van der Waals surface area contributed by atoms with E-state index in [2.05, 4.69) is 20.5 Å². The first-order valence-electron chi connectivity index (χ1n) is 9.54. The van der Waals surface area contributed by atoms with Gasteiger partial charge in [0.05, 0.1) is 11.1 Å². The molecule has 0 aliphatic heterocycles. The van der Waals surface area contributed by atoms with Crippen molar-refractivity contribution in [2.24, 2.45) is 0 Å². The van der Waals surface area contributed by atoms with E-state index in [-0.39, 0.29) is 11.4 Å². The molecule has 0 amide bonds. The number of anilines is 1. The highest BCUT2D eigenvalue weighted by Gasteiger charge is 2.17. The molecule has 30 heavy (non-hydrogen) atoms. The summed E-state index contributed by atoms with van der Waals surface area (Å²) in [6.07, 6.45) is 0.625. The van der Waals surface area contributed by atoms with Crippen LogP contribution in [0.5, 0.6) is 0 Å². The van der Waals surface area contributed by atoms with Gasteiger partial charge < -0.3 is 10.4 Å². The summed E-state index contributed by atoms with van der Waals surface area (Å²) in [5, 5.41) is 21.9. The summed E-state index contributed by atoms with van der Waals surface area (Å²) >= 11 is 0. The topological polar surface area (TPSA) is 92.9 Å². The van der Waals surface area contributed by atoms with Gasteiger partial charge in [0, 0.05) is 17.6 Å². The number of benzene rings is 2. The Kier molecular flexibility index (Phi) is 5.14. The number of nitrogens with zero attached hydrogens (tertiary/aromatic N) is 4. The molecule has 0 saturated carbocycles. The van der Waals surface area contributed by atoms with Crippen LogP contribution in [0.4, 0.5) is 10.2 Å². The number of carboxylic acids is 1. The van der Waals surface area contributed by atoms with Crippen molar-refractivity contribution in [3.63, 3.8) is 0 Å². The number of rotatable bonds is 6. The molecule has 2 heterocycles. The predicted octanol–water partition coefficient (Wildman–Crippen LogP) is 4.14. The first kappa shape index (κ1) is 19.5. The Hall–Kier alpha value is -3.81. The molecule has 2 aromatic carbocycles. The Morgan fingerprint density at radius 2 is 1.97 bits per heavy atom. The number of carboxylic acid groups (broad SMARTS) is 1. The van der Waals surface area contributed by atoms with Crippen LogP contribution in [0.2, 0.25) is 0 Å². The predicted molar refractivity (Wildman–Crippen MR) is 111 cm³/mol. The van der Waals surface area contributed by atoms with Crippen LogP contribution < -0.4 is 5.32 Å². The third kappa shape index (κ3) is 3.59. The molecule has 0 aliphatic rings. The number of aryl methyl sites for hydroxylation is 2. The van der Waals surface area contributed by atoms with Crippen molar-refractivity contribution >= 4 is 22.7 Å². The molecule has 4 aromatic rings. The molecular formula is C22H20FN5O2. The van der Waals surface area contributed by atoms with Crippen molar-refractivity contribution in [2.75, 3.05) is 5.32 Å². The minimum Gasteiger partial charge on any atom is -0.478 e. The van der Waals surface area contributed by atoms with Crippen molar-refractivity contribution < 1.29 is 14.3 Å². The molecule has 0 unspecified atom stereocenters. The Labute approximate surface area is 172 Å². The monoisotopic (exact) mass is 405 g/mol. The van der Waals surface area contributed by atoms with Gasteiger partial charge in [-0.3, -0.25) is 4.57 Å². The van der Waals surface area contributed by atoms with Gasteiger partial charge in [-0.1, -0.05) is 25.1 Å². The maximum absolute atomic E-state index is 13.5. The molecule has 2 N–H and O–H groups in total. The van der Waals surface area contributed by atoms with Gasteiger partial charge in [0.1, 0.15) is 11.5 Å². The molecule has 0 bridgehead atoms. The zero-order valence-corrected chi connectivity index (χ0v) is 16.6. The molecule has 7 nitrogen and oxygen atoms in total. The highest BCUT2D eigenvalue weighted by atomic mass is 19.1. The normalized spacial score (nSPS) is 11.0. The summed E-state index contributed by atoms with van der Waals surface area (Å²) in [5.41, 5.74) is 3.17. The zero-order chi connectivity index (χ0) is 21.3. The van der Waals surface area contributed by atoms with Gasteiger partial charge in [0.15, 0.2) is 5.82 Å². The highest BCUT2D eigenvalue weighted by molar-refractivity contribution is 6.03. The first-order chi connectivity index (χ1) is 14.5. The highest BCUT2D eigenvalue weighted by Crippen LogP contribution is 2.26. The van der Waals surface area contributed by atoms with E-state index in [1.807, 2.05) is 26.0 Å². The van der Waals surface area contributed by atoms with Gasteiger partial charge in [-0.2, -0.15) is 4.98 Å². The average Bonchev–Trinajstić information content (AvgIpc) is 3.07. The lowest BCUT2D eigenvalue weighted by molar-refractivity contribution is 0.0699. The van der Waals surface area contributed by atoms with E-state index >= 15 is 0 Å². The first-order valence-corrected chi connectivity index (χ1v) is 9.54. The zero-order valence-electron chi connectivity index (χ0n) is 16.6. The molecule has 0 radical (unpaired) electrons. The van der Waals surface area contributed by atoms with Gasteiger partial charge in [-0.05, 0) is 49.2 Å². The van der Waals surface area contributed by atoms with Crippen LogP contribution in [0, 0.1) is 12.7 Å². The average molecular weight is 405 g/mol. The summed E-state index contributed by atoms with van der Waals surface area (Å²) in [6.45, 7) is 4.20. The summed E-state index contributed by atoms with van der Waals surface area (Å²) in [4.78, 5) is 16.2. The molecule has 0 spiro atoms. The van der Waals surface area contributed by atoms with Crippen molar-refractivity contribution in [1.82, 2.24) is 19.7 Å². The standard InChI is InChI=1S/C22H20FN5O2/c1-3-18-20(24-12-14-6-4-7-15(23)11-14)25-22(27-26-18)28-13(2)10-17-16(21(29)30)8-5-9-19(17)28/h4-11H,3,12H2,1-2H3,(H,29,30)(H,24,25,27). The number of carbonyl (C=O) groups is 1. The second-order valence-corrected chi connectivity index (χ2v) is 6.91. The van der Waals surface area contributed by atoms with Crippen molar-refractivity contribution in [2.45, 2.75) is 26.8 Å². The van der Waals surface area contributed by atoms with Gasteiger partial charge >= 0.3 is 5.97 Å². The number of nitrogens with one attached hydrogen (secondary N) is 1. The van der Waals surface area contributed by atoms with Crippen LogP contribution in [0.25, 0.3) is 16.9 Å². The van der Waals surface area contributed by atoms with E-state index in [0.29, 0.717) is 41.3 Å². The molecule has 152 valence electrons. The number of aromatic nitrogens is 4. The maximum atomic E-state index is 13.5. The van der Waals surface area contributed by atoms with Crippen molar-refractivity contribution in [1.29, 1.82) is 0 Å². The smallest absolute Gasteiger partial charge is 0.336 e. The van der Waals surface area contributed by atoms with Crippen molar-refractivity contribution in [3.05, 3.63) is 76.9 Å². The van der Waals surface area contributed by atoms with E-state index in [1.165, 1.54) is 12.1 Å².